The van der Waals surface area contributed by atoms with Gasteiger partial charge in [0, 0.05) is 20.3 Å². The molecule has 0 unspecified atom stereocenters. The molecule has 0 saturated heterocycles. The number of ether oxygens (including phenoxy) is 2. The van der Waals surface area contributed by atoms with Crippen molar-refractivity contribution in [2.45, 2.75) is 67.4 Å². The van der Waals surface area contributed by atoms with Crippen molar-refractivity contribution >= 4 is 11.9 Å². The number of allylic oxidation sites excluding steroid dienone is 8. The van der Waals surface area contributed by atoms with Gasteiger partial charge in [0.25, 0.3) is 0 Å². The average Bonchev–Trinajstić information content (AvgIpc) is 2.52. The standard InChI is InChI=1S/C24H34O4/c1-17(9-8-10-18(2)13-14-27-20(4)25)11-12-23-19(3)15-22(28-21(5)26)16-24(23,6)7/h8-13,22H,14-16H2,1-7H3/t22-/m1/s1. The van der Waals surface area contributed by atoms with Gasteiger partial charge < -0.3 is 9.47 Å². The molecule has 0 aromatic heterocycles. The van der Waals surface area contributed by atoms with Crippen LogP contribution in [0.3, 0.4) is 0 Å². The van der Waals surface area contributed by atoms with Crippen LogP contribution in [0, 0.1) is 5.41 Å². The Labute approximate surface area is 169 Å². The number of rotatable bonds is 7. The highest BCUT2D eigenvalue weighted by atomic mass is 16.5. The molecule has 28 heavy (non-hydrogen) atoms. The number of carbonyl (C=O) groups excluding carboxylic acids is 2. The van der Waals surface area contributed by atoms with Gasteiger partial charge in [0.1, 0.15) is 12.7 Å². The minimum absolute atomic E-state index is 0.0361. The van der Waals surface area contributed by atoms with E-state index in [0.717, 1.165) is 24.0 Å². The van der Waals surface area contributed by atoms with Gasteiger partial charge in [0.2, 0.25) is 0 Å². The molecule has 0 saturated carbocycles. The van der Waals surface area contributed by atoms with Crippen molar-refractivity contribution in [1.29, 1.82) is 0 Å². The monoisotopic (exact) mass is 386 g/mol. The van der Waals surface area contributed by atoms with Crippen molar-refractivity contribution in [2.75, 3.05) is 6.61 Å². The van der Waals surface area contributed by atoms with Gasteiger partial charge in [-0.1, -0.05) is 60.9 Å². The lowest BCUT2D eigenvalue weighted by Gasteiger charge is -2.37. The first-order chi connectivity index (χ1) is 13.0. The molecule has 1 rings (SSSR count). The molecule has 0 spiro atoms. The molecule has 1 aliphatic carbocycles. The zero-order valence-corrected chi connectivity index (χ0v) is 18.3. The second-order valence-corrected chi connectivity index (χ2v) is 8.07. The van der Waals surface area contributed by atoms with Gasteiger partial charge in [-0.2, -0.15) is 0 Å². The maximum Gasteiger partial charge on any atom is 0.302 e. The summed E-state index contributed by atoms with van der Waals surface area (Å²) in [5, 5.41) is 0. The summed E-state index contributed by atoms with van der Waals surface area (Å²) >= 11 is 0. The minimum Gasteiger partial charge on any atom is -0.462 e. The van der Waals surface area contributed by atoms with Gasteiger partial charge >= 0.3 is 11.9 Å². The fraction of sp³-hybridized carbons (Fsp3) is 0.500. The summed E-state index contributed by atoms with van der Waals surface area (Å²) in [5.41, 5.74) is 4.72. The largest absolute Gasteiger partial charge is 0.462 e. The summed E-state index contributed by atoms with van der Waals surface area (Å²) in [7, 11) is 0. The first-order valence-electron chi connectivity index (χ1n) is 9.72. The van der Waals surface area contributed by atoms with E-state index in [1.54, 1.807) is 0 Å². The van der Waals surface area contributed by atoms with E-state index in [2.05, 4.69) is 39.8 Å². The molecule has 1 aliphatic rings. The molecule has 0 heterocycles. The highest BCUT2D eigenvalue weighted by molar-refractivity contribution is 5.66. The Morgan fingerprint density at radius 3 is 2.32 bits per heavy atom. The van der Waals surface area contributed by atoms with Crippen LogP contribution >= 0.6 is 0 Å². The summed E-state index contributed by atoms with van der Waals surface area (Å²) in [5.74, 6) is -0.487. The molecule has 0 aromatic carbocycles. The van der Waals surface area contributed by atoms with Gasteiger partial charge in [-0.05, 0) is 44.3 Å². The third-order valence-corrected chi connectivity index (χ3v) is 4.72. The van der Waals surface area contributed by atoms with Gasteiger partial charge in [0.05, 0.1) is 0 Å². The van der Waals surface area contributed by atoms with E-state index in [4.69, 9.17) is 9.47 Å². The van der Waals surface area contributed by atoms with Crippen molar-refractivity contribution in [1.82, 2.24) is 0 Å². The van der Waals surface area contributed by atoms with Crippen LogP contribution in [0.4, 0.5) is 0 Å². The van der Waals surface area contributed by atoms with E-state index in [1.165, 1.54) is 25.0 Å². The van der Waals surface area contributed by atoms with Gasteiger partial charge in [-0.25, -0.2) is 0 Å². The molecule has 0 amide bonds. The molecule has 0 N–H and O–H groups in total. The van der Waals surface area contributed by atoms with Crippen molar-refractivity contribution in [3.63, 3.8) is 0 Å². The first-order valence-corrected chi connectivity index (χ1v) is 9.72. The highest BCUT2D eigenvalue weighted by Crippen LogP contribution is 2.42. The molecule has 4 heteroatoms. The predicted molar refractivity (Wildman–Crippen MR) is 114 cm³/mol. The van der Waals surface area contributed by atoms with Crippen LogP contribution in [0.1, 0.15) is 61.3 Å². The summed E-state index contributed by atoms with van der Waals surface area (Å²) in [6.07, 6.45) is 13.8. The molecule has 0 aliphatic heterocycles. The van der Waals surface area contributed by atoms with Crippen LogP contribution in [0.25, 0.3) is 0 Å². The maximum atomic E-state index is 11.3. The van der Waals surface area contributed by atoms with Crippen LogP contribution in [0.2, 0.25) is 0 Å². The minimum atomic E-state index is -0.275. The van der Waals surface area contributed by atoms with Gasteiger partial charge in [0.15, 0.2) is 0 Å². The topological polar surface area (TPSA) is 52.6 Å². The van der Waals surface area contributed by atoms with E-state index >= 15 is 0 Å². The maximum absolute atomic E-state index is 11.3. The third-order valence-electron chi connectivity index (χ3n) is 4.72. The Balaban J connectivity index is 2.77. The SMILES string of the molecule is CC(=O)OCC=C(C)C=CC=C(C)C=CC1=C(C)C[C@@H](OC(C)=O)CC1(C)C. The Kier molecular flexibility index (Phi) is 9.17. The first kappa shape index (κ1) is 23.7. The number of carbonyl (C=O) groups is 2. The summed E-state index contributed by atoms with van der Waals surface area (Å²) in [6.45, 7) is 13.7. The van der Waals surface area contributed by atoms with Crippen molar-refractivity contribution in [2.24, 2.45) is 5.41 Å². The van der Waals surface area contributed by atoms with E-state index < -0.39 is 0 Å². The molecule has 0 radical (unpaired) electrons. The molecular weight excluding hydrogens is 352 g/mol. The Hall–Kier alpha value is -2.36. The number of esters is 2. The fourth-order valence-electron chi connectivity index (χ4n) is 3.45. The number of hydrogen-bond acceptors (Lipinski definition) is 4. The van der Waals surface area contributed by atoms with Gasteiger partial charge in [-0.15, -0.1) is 0 Å². The molecule has 0 fully saturated rings. The number of hydrogen-bond donors (Lipinski definition) is 0. The third kappa shape index (κ3) is 8.55. The Morgan fingerprint density at radius 1 is 1.07 bits per heavy atom. The molecule has 154 valence electrons. The average molecular weight is 387 g/mol. The smallest absolute Gasteiger partial charge is 0.302 e. The van der Waals surface area contributed by atoms with Crippen LogP contribution in [0.15, 0.2) is 58.7 Å². The second-order valence-electron chi connectivity index (χ2n) is 8.07. The van der Waals surface area contributed by atoms with E-state index in [0.29, 0.717) is 6.61 Å². The lowest BCUT2D eigenvalue weighted by atomic mass is 9.71. The molecule has 0 bridgehead atoms. The molecule has 1 atom stereocenters. The van der Waals surface area contributed by atoms with Gasteiger partial charge in [-0.3, -0.25) is 9.59 Å². The second kappa shape index (κ2) is 10.8. The van der Waals surface area contributed by atoms with Crippen LogP contribution < -0.4 is 0 Å². The van der Waals surface area contributed by atoms with E-state index in [-0.39, 0.29) is 23.5 Å². The Morgan fingerprint density at radius 2 is 1.75 bits per heavy atom. The molecule has 0 aromatic rings. The van der Waals surface area contributed by atoms with Crippen LogP contribution in [-0.2, 0) is 19.1 Å². The van der Waals surface area contributed by atoms with Crippen molar-refractivity contribution in [3.05, 3.63) is 58.7 Å². The van der Waals surface area contributed by atoms with E-state index in [9.17, 15) is 9.59 Å². The zero-order valence-electron chi connectivity index (χ0n) is 18.3. The predicted octanol–water partition coefficient (Wildman–Crippen LogP) is 5.62. The van der Waals surface area contributed by atoms with Crippen molar-refractivity contribution < 1.29 is 19.1 Å². The lowest BCUT2D eigenvalue weighted by molar-refractivity contribution is -0.147. The van der Waals surface area contributed by atoms with Crippen LogP contribution in [-0.4, -0.2) is 24.6 Å². The molecular formula is C24H34O4. The quantitative estimate of drug-likeness (QED) is 0.421. The summed E-state index contributed by atoms with van der Waals surface area (Å²) in [4.78, 5) is 22.0. The zero-order chi connectivity index (χ0) is 21.3. The summed E-state index contributed by atoms with van der Waals surface area (Å²) < 4.78 is 10.3. The normalized spacial score (nSPS) is 20.8. The van der Waals surface area contributed by atoms with Crippen molar-refractivity contribution in [3.8, 4) is 0 Å². The molecule has 4 nitrogen and oxygen atoms in total. The lowest BCUT2D eigenvalue weighted by Crippen LogP contribution is -2.31. The van der Waals surface area contributed by atoms with Crippen LogP contribution in [0.5, 0.6) is 0 Å². The highest BCUT2D eigenvalue weighted by Gasteiger charge is 2.33. The Bertz CT molecular complexity index is 730. The summed E-state index contributed by atoms with van der Waals surface area (Å²) in [6, 6.07) is 0. The fourth-order valence-corrected chi connectivity index (χ4v) is 3.45. The van der Waals surface area contributed by atoms with E-state index in [1.807, 2.05) is 31.2 Å².